The zero-order chi connectivity index (χ0) is 13.8. The Kier molecular flexibility index (Phi) is 9.48. The highest BCUT2D eigenvalue weighted by atomic mass is 15.1. The topological polar surface area (TPSA) is 17.8 Å². The van der Waals surface area contributed by atoms with Crippen LogP contribution in [-0.2, 0) is 13.0 Å². The highest BCUT2D eigenvalue weighted by Crippen LogP contribution is 2.11. The lowest BCUT2D eigenvalue weighted by atomic mass is 10.1. The SMILES string of the molecule is CCCCCCCCCCCn1ccnc1CCC. The monoisotopic (exact) mass is 264 g/mol. The molecular formula is C17H32N2. The number of aryl methyl sites for hydroxylation is 2. The van der Waals surface area contributed by atoms with Gasteiger partial charge in [0.15, 0.2) is 0 Å². The summed E-state index contributed by atoms with van der Waals surface area (Å²) in [5.74, 6) is 1.27. The molecule has 0 amide bonds. The van der Waals surface area contributed by atoms with Crippen LogP contribution in [0.15, 0.2) is 12.4 Å². The molecular weight excluding hydrogens is 232 g/mol. The molecule has 110 valence electrons. The Morgan fingerprint density at radius 1 is 0.842 bits per heavy atom. The molecule has 1 aromatic heterocycles. The lowest BCUT2D eigenvalue weighted by Crippen LogP contribution is -2.03. The molecule has 0 aliphatic heterocycles. The molecule has 0 aromatic carbocycles. The first kappa shape index (κ1) is 16.3. The van der Waals surface area contributed by atoms with Crippen molar-refractivity contribution in [3.05, 3.63) is 18.2 Å². The molecule has 0 aliphatic carbocycles. The van der Waals surface area contributed by atoms with Crippen LogP contribution < -0.4 is 0 Å². The molecule has 0 bridgehead atoms. The van der Waals surface area contributed by atoms with Crippen molar-refractivity contribution >= 4 is 0 Å². The van der Waals surface area contributed by atoms with Crippen LogP contribution in [0.4, 0.5) is 0 Å². The van der Waals surface area contributed by atoms with Crippen LogP contribution in [0.1, 0.15) is 83.9 Å². The van der Waals surface area contributed by atoms with Gasteiger partial charge in [-0.05, 0) is 12.8 Å². The normalized spacial score (nSPS) is 11.1. The standard InChI is InChI=1S/C17H32N2/c1-3-5-6-7-8-9-10-11-12-15-19-16-14-18-17(19)13-4-2/h14,16H,3-13,15H2,1-2H3. The molecule has 19 heavy (non-hydrogen) atoms. The van der Waals surface area contributed by atoms with E-state index in [9.17, 15) is 0 Å². The second kappa shape index (κ2) is 11.1. The van der Waals surface area contributed by atoms with Gasteiger partial charge in [-0.1, -0.05) is 65.2 Å². The van der Waals surface area contributed by atoms with Gasteiger partial charge in [0.05, 0.1) is 0 Å². The molecule has 0 unspecified atom stereocenters. The second-order valence-corrected chi connectivity index (χ2v) is 5.62. The van der Waals surface area contributed by atoms with Crippen molar-refractivity contribution in [2.75, 3.05) is 0 Å². The van der Waals surface area contributed by atoms with Gasteiger partial charge in [0, 0.05) is 25.4 Å². The maximum atomic E-state index is 4.43. The van der Waals surface area contributed by atoms with Crippen molar-refractivity contribution in [3.63, 3.8) is 0 Å². The fourth-order valence-corrected chi connectivity index (χ4v) is 2.59. The van der Waals surface area contributed by atoms with Gasteiger partial charge in [-0.15, -0.1) is 0 Å². The van der Waals surface area contributed by atoms with Crippen LogP contribution in [0.25, 0.3) is 0 Å². The quantitative estimate of drug-likeness (QED) is 0.464. The summed E-state index contributed by atoms with van der Waals surface area (Å²) >= 11 is 0. The van der Waals surface area contributed by atoms with Crippen molar-refractivity contribution < 1.29 is 0 Å². The molecule has 0 saturated heterocycles. The second-order valence-electron chi connectivity index (χ2n) is 5.62. The molecule has 2 nitrogen and oxygen atoms in total. The van der Waals surface area contributed by atoms with Crippen molar-refractivity contribution in [2.24, 2.45) is 0 Å². The molecule has 0 saturated carbocycles. The van der Waals surface area contributed by atoms with Gasteiger partial charge in [-0.3, -0.25) is 0 Å². The third kappa shape index (κ3) is 7.39. The number of nitrogens with zero attached hydrogens (tertiary/aromatic N) is 2. The molecule has 1 aromatic rings. The Labute approximate surface area is 119 Å². The van der Waals surface area contributed by atoms with Gasteiger partial charge in [0.2, 0.25) is 0 Å². The zero-order valence-electron chi connectivity index (χ0n) is 13.0. The molecule has 0 radical (unpaired) electrons. The number of rotatable bonds is 12. The molecule has 0 fully saturated rings. The van der Waals surface area contributed by atoms with Crippen molar-refractivity contribution in [2.45, 2.75) is 91.0 Å². The highest BCUT2D eigenvalue weighted by molar-refractivity contribution is 4.92. The summed E-state index contributed by atoms with van der Waals surface area (Å²) in [6, 6.07) is 0. The van der Waals surface area contributed by atoms with E-state index >= 15 is 0 Å². The van der Waals surface area contributed by atoms with Crippen LogP contribution in [0.5, 0.6) is 0 Å². The number of unbranched alkanes of at least 4 members (excludes halogenated alkanes) is 8. The van der Waals surface area contributed by atoms with E-state index in [0.717, 1.165) is 13.0 Å². The molecule has 0 N–H and O–H groups in total. The van der Waals surface area contributed by atoms with Crippen molar-refractivity contribution in [3.8, 4) is 0 Å². The average Bonchev–Trinajstić information content (AvgIpc) is 2.85. The Balaban J connectivity index is 1.97. The van der Waals surface area contributed by atoms with Crippen LogP contribution in [-0.4, -0.2) is 9.55 Å². The molecule has 0 spiro atoms. The van der Waals surface area contributed by atoms with Crippen molar-refractivity contribution in [1.82, 2.24) is 9.55 Å². The fraction of sp³-hybridized carbons (Fsp3) is 0.824. The van der Waals surface area contributed by atoms with Crippen LogP contribution in [0.2, 0.25) is 0 Å². The van der Waals surface area contributed by atoms with Crippen molar-refractivity contribution in [1.29, 1.82) is 0 Å². The minimum atomic E-state index is 1.12. The smallest absolute Gasteiger partial charge is 0.108 e. The fourth-order valence-electron chi connectivity index (χ4n) is 2.59. The van der Waals surface area contributed by atoms with Gasteiger partial charge >= 0.3 is 0 Å². The first-order valence-electron chi connectivity index (χ1n) is 8.38. The predicted molar refractivity (Wildman–Crippen MR) is 83.4 cm³/mol. The number of hydrogen-bond donors (Lipinski definition) is 0. The van der Waals surface area contributed by atoms with E-state index in [1.54, 1.807) is 0 Å². The minimum absolute atomic E-state index is 1.12. The van der Waals surface area contributed by atoms with E-state index in [1.807, 2.05) is 6.20 Å². The van der Waals surface area contributed by atoms with Crippen LogP contribution in [0.3, 0.4) is 0 Å². The molecule has 2 heteroatoms. The molecule has 0 atom stereocenters. The summed E-state index contributed by atoms with van der Waals surface area (Å²) in [7, 11) is 0. The summed E-state index contributed by atoms with van der Waals surface area (Å²) in [6.07, 6.45) is 19.0. The maximum Gasteiger partial charge on any atom is 0.108 e. The van der Waals surface area contributed by atoms with Gasteiger partial charge in [0.25, 0.3) is 0 Å². The third-order valence-electron chi connectivity index (χ3n) is 3.78. The average molecular weight is 264 g/mol. The number of aromatic nitrogens is 2. The molecule has 0 aliphatic rings. The maximum absolute atomic E-state index is 4.43. The van der Waals surface area contributed by atoms with Gasteiger partial charge < -0.3 is 4.57 Å². The van der Waals surface area contributed by atoms with E-state index in [4.69, 9.17) is 0 Å². The predicted octanol–water partition coefficient (Wildman–Crippen LogP) is 5.37. The van der Waals surface area contributed by atoms with E-state index in [1.165, 1.54) is 70.0 Å². The summed E-state index contributed by atoms with van der Waals surface area (Å²) in [5, 5.41) is 0. The van der Waals surface area contributed by atoms with E-state index < -0.39 is 0 Å². The number of imidazole rings is 1. The number of hydrogen-bond acceptors (Lipinski definition) is 1. The van der Waals surface area contributed by atoms with Crippen LogP contribution >= 0.6 is 0 Å². The van der Waals surface area contributed by atoms with Gasteiger partial charge in [-0.25, -0.2) is 4.98 Å². The Hall–Kier alpha value is -0.790. The summed E-state index contributed by atoms with van der Waals surface area (Å²) < 4.78 is 2.34. The molecule has 1 rings (SSSR count). The van der Waals surface area contributed by atoms with Gasteiger partial charge in [-0.2, -0.15) is 0 Å². The molecule has 1 heterocycles. The van der Waals surface area contributed by atoms with E-state index in [0.29, 0.717) is 0 Å². The van der Waals surface area contributed by atoms with Crippen LogP contribution in [0, 0.1) is 0 Å². The Morgan fingerprint density at radius 3 is 2.11 bits per heavy atom. The lowest BCUT2D eigenvalue weighted by Gasteiger charge is -2.07. The minimum Gasteiger partial charge on any atom is -0.335 e. The summed E-state index contributed by atoms with van der Waals surface area (Å²) in [5.41, 5.74) is 0. The first-order valence-corrected chi connectivity index (χ1v) is 8.38. The Bertz CT molecular complexity index is 304. The summed E-state index contributed by atoms with van der Waals surface area (Å²) in [6.45, 7) is 5.66. The lowest BCUT2D eigenvalue weighted by molar-refractivity contribution is 0.530. The van der Waals surface area contributed by atoms with E-state index in [-0.39, 0.29) is 0 Å². The van der Waals surface area contributed by atoms with E-state index in [2.05, 4.69) is 29.6 Å². The Morgan fingerprint density at radius 2 is 1.47 bits per heavy atom. The summed E-state index contributed by atoms with van der Waals surface area (Å²) in [4.78, 5) is 4.43. The zero-order valence-corrected chi connectivity index (χ0v) is 13.0. The largest absolute Gasteiger partial charge is 0.335 e. The first-order chi connectivity index (χ1) is 9.38. The highest BCUT2D eigenvalue weighted by Gasteiger charge is 2.00. The third-order valence-corrected chi connectivity index (χ3v) is 3.78. The van der Waals surface area contributed by atoms with Gasteiger partial charge in [0.1, 0.15) is 5.82 Å².